The summed E-state index contributed by atoms with van der Waals surface area (Å²) in [6.07, 6.45) is -0.109. The third-order valence-corrected chi connectivity index (χ3v) is 3.18. The van der Waals surface area contributed by atoms with Gasteiger partial charge in [0.25, 0.3) is 0 Å². The van der Waals surface area contributed by atoms with E-state index in [-0.39, 0.29) is 0 Å². The van der Waals surface area contributed by atoms with Crippen LogP contribution in [0.4, 0.5) is 13.2 Å². The molecule has 1 aromatic carbocycles. The average Bonchev–Trinajstić information content (AvgIpc) is 2.40. The fourth-order valence-corrected chi connectivity index (χ4v) is 2.03. The summed E-state index contributed by atoms with van der Waals surface area (Å²) in [4.78, 5) is 0. The van der Waals surface area contributed by atoms with Crippen LogP contribution < -0.4 is 11.1 Å². The van der Waals surface area contributed by atoms with Crippen molar-refractivity contribution < 1.29 is 13.2 Å². The van der Waals surface area contributed by atoms with Gasteiger partial charge in [-0.1, -0.05) is 30.2 Å². The highest BCUT2D eigenvalue weighted by atomic mass is 19.4. The lowest BCUT2D eigenvalue weighted by Gasteiger charge is -2.30. The molecule has 1 fully saturated rings. The van der Waals surface area contributed by atoms with E-state index in [9.17, 15) is 13.2 Å². The quantitative estimate of drug-likeness (QED) is 0.756. The van der Waals surface area contributed by atoms with Gasteiger partial charge in [0.05, 0.1) is 5.56 Å². The number of halogens is 3. The number of nitrogens with one attached hydrogen (secondary N) is 1. The zero-order chi connectivity index (χ0) is 16.5. The zero-order valence-electron chi connectivity index (χ0n) is 13.3. The molecule has 1 saturated heterocycles. The van der Waals surface area contributed by atoms with E-state index in [1.165, 1.54) is 38.9 Å². The minimum absolute atomic E-state index is 0.429. The number of piperidine rings is 1. The summed E-state index contributed by atoms with van der Waals surface area (Å²) in [7, 11) is 1.50. The SMILES string of the molecule is CC1(C)CCCCN1.CN.Cc1cccc(C(F)(F)F)c1. The van der Waals surface area contributed by atoms with Gasteiger partial charge < -0.3 is 11.1 Å². The predicted molar refractivity (Wildman–Crippen MR) is 82.2 cm³/mol. The summed E-state index contributed by atoms with van der Waals surface area (Å²) in [6, 6.07) is 5.22. The molecule has 1 aliphatic heterocycles. The highest BCUT2D eigenvalue weighted by molar-refractivity contribution is 5.24. The Morgan fingerprint density at radius 2 is 1.76 bits per heavy atom. The minimum Gasteiger partial charge on any atom is -0.333 e. The lowest BCUT2D eigenvalue weighted by molar-refractivity contribution is -0.137. The lowest BCUT2D eigenvalue weighted by Crippen LogP contribution is -2.42. The fourth-order valence-electron chi connectivity index (χ4n) is 2.03. The van der Waals surface area contributed by atoms with E-state index >= 15 is 0 Å². The number of hydrogen-bond acceptors (Lipinski definition) is 2. The average molecular weight is 304 g/mol. The largest absolute Gasteiger partial charge is 0.416 e. The second-order valence-electron chi connectivity index (χ2n) is 5.64. The fraction of sp³-hybridized carbons (Fsp3) is 0.625. The molecule has 0 radical (unpaired) electrons. The summed E-state index contributed by atoms with van der Waals surface area (Å²) >= 11 is 0. The van der Waals surface area contributed by atoms with E-state index in [2.05, 4.69) is 24.9 Å². The van der Waals surface area contributed by atoms with E-state index in [4.69, 9.17) is 0 Å². The Morgan fingerprint density at radius 3 is 2.05 bits per heavy atom. The molecule has 0 atom stereocenters. The zero-order valence-corrected chi connectivity index (χ0v) is 13.3. The smallest absolute Gasteiger partial charge is 0.333 e. The molecule has 122 valence electrons. The molecule has 3 N–H and O–H groups in total. The normalized spacial score (nSPS) is 17.0. The van der Waals surface area contributed by atoms with E-state index in [0.29, 0.717) is 11.1 Å². The maximum absolute atomic E-state index is 12.0. The summed E-state index contributed by atoms with van der Waals surface area (Å²) < 4.78 is 35.9. The van der Waals surface area contributed by atoms with Gasteiger partial charge in [-0.2, -0.15) is 13.2 Å². The van der Waals surface area contributed by atoms with Crippen LogP contribution in [0, 0.1) is 6.92 Å². The predicted octanol–water partition coefficient (Wildman–Crippen LogP) is 4.13. The Kier molecular flexibility index (Phi) is 8.59. The molecule has 0 bridgehead atoms. The first-order chi connectivity index (χ1) is 9.71. The maximum atomic E-state index is 12.0. The van der Waals surface area contributed by atoms with Crippen molar-refractivity contribution in [2.24, 2.45) is 5.73 Å². The molecular weight excluding hydrogens is 277 g/mol. The molecule has 0 unspecified atom stereocenters. The van der Waals surface area contributed by atoms with Crippen LogP contribution in [0.1, 0.15) is 44.2 Å². The molecule has 1 aliphatic rings. The number of nitrogens with two attached hydrogens (primary N) is 1. The molecule has 0 aliphatic carbocycles. The second-order valence-corrected chi connectivity index (χ2v) is 5.64. The van der Waals surface area contributed by atoms with Crippen molar-refractivity contribution >= 4 is 0 Å². The van der Waals surface area contributed by atoms with Gasteiger partial charge in [0.15, 0.2) is 0 Å². The van der Waals surface area contributed by atoms with Crippen molar-refractivity contribution in [2.45, 2.75) is 51.7 Å². The molecular formula is C16H27F3N2. The van der Waals surface area contributed by atoms with Crippen LogP contribution in [0.3, 0.4) is 0 Å². The molecule has 21 heavy (non-hydrogen) atoms. The molecule has 0 amide bonds. The van der Waals surface area contributed by atoms with E-state index in [0.717, 1.165) is 12.1 Å². The van der Waals surface area contributed by atoms with Crippen LogP contribution in [0.5, 0.6) is 0 Å². The molecule has 1 heterocycles. The second kappa shape index (κ2) is 9.05. The van der Waals surface area contributed by atoms with Gasteiger partial charge in [0.1, 0.15) is 0 Å². The Hall–Kier alpha value is -1.07. The molecule has 0 saturated carbocycles. The van der Waals surface area contributed by atoms with Crippen LogP contribution >= 0.6 is 0 Å². The first-order valence-electron chi connectivity index (χ1n) is 7.17. The number of rotatable bonds is 0. The van der Waals surface area contributed by atoms with Crippen LogP contribution in [0.15, 0.2) is 24.3 Å². The monoisotopic (exact) mass is 304 g/mol. The number of hydrogen-bond donors (Lipinski definition) is 2. The van der Waals surface area contributed by atoms with Crippen molar-refractivity contribution in [3.8, 4) is 0 Å². The lowest BCUT2D eigenvalue weighted by atomic mass is 9.93. The molecule has 1 aromatic rings. The highest BCUT2D eigenvalue weighted by Gasteiger charge is 2.29. The molecule has 0 spiro atoms. The van der Waals surface area contributed by atoms with Crippen molar-refractivity contribution in [2.75, 3.05) is 13.6 Å². The molecule has 0 aromatic heterocycles. The van der Waals surface area contributed by atoms with Gasteiger partial charge in [-0.15, -0.1) is 0 Å². The van der Waals surface area contributed by atoms with Crippen molar-refractivity contribution in [1.82, 2.24) is 5.32 Å². The number of aryl methyl sites for hydroxylation is 1. The van der Waals surface area contributed by atoms with Gasteiger partial charge in [-0.25, -0.2) is 0 Å². The first kappa shape index (κ1) is 19.9. The van der Waals surface area contributed by atoms with Gasteiger partial charge in [0, 0.05) is 5.54 Å². The Morgan fingerprint density at radius 1 is 1.14 bits per heavy atom. The summed E-state index contributed by atoms with van der Waals surface area (Å²) in [5.74, 6) is 0. The van der Waals surface area contributed by atoms with Crippen LogP contribution in [-0.4, -0.2) is 19.1 Å². The molecule has 5 heteroatoms. The van der Waals surface area contributed by atoms with E-state index < -0.39 is 11.7 Å². The molecule has 2 nitrogen and oxygen atoms in total. The van der Waals surface area contributed by atoms with Crippen molar-refractivity contribution in [3.63, 3.8) is 0 Å². The van der Waals surface area contributed by atoms with Gasteiger partial charge in [-0.05, 0) is 53.3 Å². The van der Waals surface area contributed by atoms with Gasteiger partial charge >= 0.3 is 6.18 Å². The third-order valence-electron chi connectivity index (χ3n) is 3.18. The number of alkyl halides is 3. The third kappa shape index (κ3) is 8.73. The maximum Gasteiger partial charge on any atom is 0.416 e. The first-order valence-corrected chi connectivity index (χ1v) is 7.17. The summed E-state index contributed by atoms with van der Waals surface area (Å²) in [5.41, 5.74) is 4.97. The van der Waals surface area contributed by atoms with E-state index in [1.54, 1.807) is 13.0 Å². The Labute approximate surface area is 125 Å². The summed E-state index contributed by atoms with van der Waals surface area (Å²) in [5, 5.41) is 3.46. The van der Waals surface area contributed by atoms with Gasteiger partial charge in [0.2, 0.25) is 0 Å². The Bertz CT molecular complexity index is 393. The minimum atomic E-state index is -4.22. The van der Waals surface area contributed by atoms with Crippen molar-refractivity contribution in [3.05, 3.63) is 35.4 Å². The standard InChI is InChI=1S/C8H7F3.C7H15N.CH5N/c1-6-3-2-4-7(5-6)8(9,10)11;1-7(2)5-3-4-6-8-7;1-2/h2-5H,1H3;8H,3-6H2,1-2H3;2H2,1H3. The van der Waals surface area contributed by atoms with Crippen molar-refractivity contribution in [1.29, 1.82) is 0 Å². The topological polar surface area (TPSA) is 38.0 Å². The molecule has 2 rings (SSSR count). The van der Waals surface area contributed by atoms with Gasteiger partial charge in [-0.3, -0.25) is 0 Å². The summed E-state index contributed by atoms with van der Waals surface area (Å²) in [6.45, 7) is 7.39. The Balaban J connectivity index is 0.000000354. The van der Waals surface area contributed by atoms with E-state index in [1.807, 2.05) is 0 Å². The van der Waals surface area contributed by atoms with Crippen LogP contribution in [0.25, 0.3) is 0 Å². The van der Waals surface area contributed by atoms with Crippen LogP contribution in [-0.2, 0) is 6.18 Å². The highest BCUT2D eigenvalue weighted by Crippen LogP contribution is 2.29. The number of benzene rings is 1. The van der Waals surface area contributed by atoms with Crippen LogP contribution in [0.2, 0.25) is 0 Å².